The average molecular weight is 386 g/mol. The molecule has 6 rings (SSSR count). The number of imide groups is 1. The molecule has 2 bridgehead atoms. The zero-order valence-electron chi connectivity index (χ0n) is 13.5. The lowest BCUT2D eigenvalue weighted by Crippen LogP contribution is -2.44. The van der Waals surface area contributed by atoms with Gasteiger partial charge in [-0.1, -0.05) is 47.5 Å². The Hall–Kier alpha value is -2.17. The van der Waals surface area contributed by atoms with Crippen LogP contribution in [0.15, 0.2) is 42.5 Å². The van der Waals surface area contributed by atoms with Crippen molar-refractivity contribution in [2.45, 2.75) is 18.3 Å². The monoisotopic (exact) mass is 385 g/mol. The predicted octanol–water partition coefficient (Wildman–Crippen LogP) is 3.95. The van der Waals surface area contributed by atoms with Gasteiger partial charge in [0.1, 0.15) is 5.78 Å². The van der Waals surface area contributed by atoms with Gasteiger partial charge < -0.3 is 0 Å². The molecule has 2 aromatic rings. The van der Waals surface area contributed by atoms with E-state index in [1.807, 2.05) is 24.3 Å². The first kappa shape index (κ1) is 16.0. The highest BCUT2D eigenvalue weighted by Crippen LogP contribution is 2.57. The van der Waals surface area contributed by atoms with Crippen molar-refractivity contribution in [2.75, 3.05) is 4.90 Å². The maximum absolute atomic E-state index is 13.2. The number of carbonyl (C=O) groups is 3. The largest absolute Gasteiger partial charge is 0.299 e. The molecule has 4 aliphatic rings. The van der Waals surface area contributed by atoms with Crippen LogP contribution < -0.4 is 4.90 Å². The second-order valence-electron chi connectivity index (χ2n) is 7.07. The summed E-state index contributed by atoms with van der Waals surface area (Å²) in [7, 11) is 0. The summed E-state index contributed by atoms with van der Waals surface area (Å²) in [5.74, 6) is -2.49. The van der Waals surface area contributed by atoms with E-state index in [2.05, 4.69) is 0 Å². The van der Waals surface area contributed by atoms with Crippen molar-refractivity contribution in [1.29, 1.82) is 0 Å². The van der Waals surface area contributed by atoms with Gasteiger partial charge in [-0.15, -0.1) is 0 Å². The molecule has 1 saturated heterocycles. The van der Waals surface area contributed by atoms with Crippen LogP contribution >= 0.6 is 23.2 Å². The number of hydrogen-bond donors (Lipinski definition) is 0. The van der Waals surface area contributed by atoms with Crippen LogP contribution in [0.25, 0.3) is 0 Å². The van der Waals surface area contributed by atoms with E-state index < -0.39 is 17.8 Å². The van der Waals surface area contributed by atoms with E-state index in [9.17, 15) is 14.4 Å². The highest BCUT2D eigenvalue weighted by molar-refractivity contribution is 6.36. The van der Waals surface area contributed by atoms with Gasteiger partial charge in [-0.25, -0.2) is 4.90 Å². The number of amides is 2. The maximum Gasteiger partial charge on any atom is 0.238 e. The Morgan fingerprint density at radius 2 is 1.46 bits per heavy atom. The van der Waals surface area contributed by atoms with Crippen LogP contribution in [0, 0.1) is 11.8 Å². The van der Waals surface area contributed by atoms with E-state index in [0.717, 1.165) is 16.0 Å². The van der Waals surface area contributed by atoms with Crippen LogP contribution in [0.3, 0.4) is 0 Å². The maximum atomic E-state index is 13.2. The zero-order chi connectivity index (χ0) is 18.2. The van der Waals surface area contributed by atoms with Gasteiger partial charge >= 0.3 is 0 Å². The molecular formula is C20H13Cl2NO3. The van der Waals surface area contributed by atoms with Crippen LogP contribution in [-0.2, 0) is 14.4 Å². The molecule has 2 fully saturated rings. The van der Waals surface area contributed by atoms with Crippen molar-refractivity contribution in [3.63, 3.8) is 0 Å². The van der Waals surface area contributed by atoms with E-state index in [-0.39, 0.29) is 23.5 Å². The van der Waals surface area contributed by atoms with Gasteiger partial charge in [0, 0.05) is 22.4 Å². The number of nitrogens with zero attached hydrogens (tertiary/aromatic N) is 1. The first-order valence-corrected chi connectivity index (χ1v) is 9.18. The zero-order valence-corrected chi connectivity index (χ0v) is 15.0. The number of benzene rings is 2. The third-order valence-electron chi connectivity index (χ3n) is 5.79. The number of rotatable bonds is 1. The van der Waals surface area contributed by atoms with Gasteiger partial charge in [0.15, 0.2) is 0 Å². The minimum absolute atomic E-state index is 0.0436. The average Bonchev–Trinajstić information content (AvgIpc) is 2.86. The van der Waals surface area contributed by atoms with E-state index in [1.54, 1.807) is 18.2 Å². The minimum atomic E-state index is -0.638. The second-order valence-corrected chi connectivity index (χ2v) is 7.95. The van der Waals surface area contributed by atoms with Crippen LogP contribution in [0.5, 0.6) is 0 Å². The molecule has 2 aromatic carbocycles. The molecule has 6 heteroatoms. The number of ketones is 1. The van der Waals surface area contributed by atoms with Gasteiger partial charge in [0.2, 0.25) is 11.8 Å². The Kier molecular flexibility index (Phi) is 3.34. The summed E-state index contributed by atoms with van der Waals surface area (Å²) in [6, 6.07) is 12.3. The van der Waals surface area contributed by atoms with Crippen LogP contribution in [0.2, 0.25) is 10.0 Å². The quantitative estimate of drug-likeness (QED) is 0.698. The summed E-state index contributed by atoms with van der Waals surface area (Å²) in [5.41, 5.74) is 2.27. The summed E-state index contributed by atoms with van der Waals surface area (Å²) < 4.78 is 0. The molecule has 4 nitrogen and oxygen atoms in total. The van der Waals surface area contributed by atoms with Crippen molar-refractivity contribution < 1.29 is 14.4 Å². The molecule has 2 amide bonds. The fraction of sp³-hybridized carbons (Fsp3) is 0.250. The van der Waals surface area contributed by atoms with Crippen LogP contribution in [0.4, 0.5) is 5.69 Å². The first-order chi connectivity index (χ1) is 12.5. The van der Waals surface area contributed by atoms with Crippen molar-refractivity contribution in [3.05, 3.63) is 63.6 Å². The molecule has 0 aromatic heterocycles. The predicted molar refractivity (Wildman–Crippen MR) is 97.5 cm³/mol. The van der Waals surface area contributed by atoms with Crippen LogP contribution in [0.1, 0.15) is 29.4 Å². The van der Waals surface area contributed by atoms with Gasteiger partial charge in [0.05, 0.1) is 23.4 Å². The Morgan fingerprint density at radius 1 is 0.846 bits per heavy atom. The highest BCUT2D eigenvalue weighted by Gasteiger charge is 2.62. The highest BCUT2D eigenvalue weighted by atomic mass is 35.5. The van der Waals surface area contributed by atoms with Gasteiger partial charge in [-0.2, -0.15) is 0 Å². The Balaban J connectivity index is 1.66. The lowest BCUT2D eigenvalue weighted by Gasteiger charge is -2.43. The van der Waals surface area contributed by atoms with Crippen LogP contribution in [-0.4, -0.2) is 17.6 Å². The van der Waals surface area contributed by atoms with Gasteiger partial charge in [-0.3, -0.25) is 14.4 Å². The topological polar surface area (TPSA) is 54.5 Å². The number of halogens is 2. The number of hydrogen-bond acceptors (Lipinski definition) is 3. The summed E-state index contributed by atoms with van der Waals surface area (Å²) in [5, 5.41) is 0.704. The summed E-state index contributed by atoms with van der Waals surface area (Å²) in [6.45, 7) is 0. The van der Waals surface area contributed by atoms with Crippen molar-refractivity contribution in [1.82, 2.24) is 0 Å². The first-order valence-electron chi connectivity index (χ1n) is 8.43. The van der Waals surface area contributed by atoms with Gasteiger partial charge in [0.25, 0.3) is 0 Å². The molecule has 4 atom stereocenters. The van der Waals surface area contributed by atoms with Crippen molar-refractivity contribution in [3.8, 4) is 0 Å². The molecule has 26 heavy (non-hydrogen) atoms. The molecular weight excluding hydrogens is 373 g/mol. The number of anilines is 1. The number of Topliss-reactive ketones (excluding diaryl/α,β-unsaturated/α-hetero) is 1. The smallest absolute Gasteiger partial charge is 0.238 e. The number of carbonyl (C=O) groups excluding carboxylic acids is 3. The molecule has 0 N–H and O–H groups in total. The lowest BCUT2D eigenvalue weighted by molar-refractivity contribution is -0.134. The van der Waals surface area contributed by atoms with E-state index in [0.29, 0.717) is 22.2 Å². The normalized spacial score (nSPS) is 29.2. The van der Waals surface area contributed by atoms with E-state index >= 15 is 0 Å². The lowest BCUT2D eigenvalue weighted by atomic mass is 9.56. The second kappa shape index (κ2) is 5.41. The standard InChI is InChI=1S/C20H13Cl2NO3/c21-9-5-10(22)7-11(6-9)23-19(25)17-14-8-15(24)16(18(17)20(23)26)13-4-2-1-3-12(13)14/h1-7,14,16-18H,8H2/t14-,16+,17+,18+/m0/s1. The number of fused-ring (bicyclic) bond motifs is 1. The fourth-order valence-corrected chi connectivity index (χ4v) is 5.40. The van der Waals surface area contributed by atoms with E-state index in [4.69, 9.17) is 23.2 Å². The van der Waals surface area contributed by atoms with Gasteiger partial charge in [-0.05, 0) is 29.3 Å². The third kappa shape index (κ3) is 2.00. The SMILES string of the molecule is O=C1C[C@H]2c3ccccc3[C@H]1[C@H]1C(=O)N(c3cc(Cl)cc(Cl)c3)C(=O)[C@@H]12. The Labute approximate surface area is 159 Å². The Morgan fingerprint density at radius 3 is 2.15 bits per heavy atom. The Bertz CT molecular complexity index is 982. The minimum Gasteiger partial charge on any atom is -0.299 e. The van der Waals surface area contributed by atoms with E-state index in [1.165, 1.54) is 0 Å². The summed E-state index contributed by atoms with van der Waals surface area (Å²) >= 11 is 12.1. The molecule has 130 valence electrons. The molecule has 1 saturated carbocycles. The molecule has 1 aliphatic heterocycles. The molecule has 0 unspecified atom stereocenters. The summed E-state index contributed by atoms with van der Waals surface area (Å²) in [6.07, 6.45) is 0.312. The molecule has 3 aliphatic carbocycles. The van der Waals surface area contributed by atoms with Crippen molar-refractivity contribution >= 4 is 46.5 Å². The van der Waals surface area contributed by atoms with Crippen molar-refractivity contribution in [2.24, 2.45) is 11.8 Å². The third-order valence-corrected chi connectivity index (χ3v) is 6.23. The molecule has 0 spiro atoms. The summed E-state index contributed by atoms with van der Waals surface area (Å²) in [4.78, 5) is 40.2. The fourth-order valence-electron chi connectivity index (χ4n) is 4.88. The molecule has 1 heterocycles. The molecule has 0 radical (unpaired) electrons.